The number of rotatable bonds is 5. The lowest BCUT2D eigenvalue weighted by molar-refractivity contribution is 0.103. The molecule has 0 radical (unpaired) electrons. The summed E-state index contributed by atoms with van der Waals surface area (Å²) in [5.41, 5.74) is 0.477. The van der Waals surface area contributed by atoms with E-state index < -0.39 is 0 Å². The van der Waals surface area contributed by atoms with Gasteiger partial charge in [0.2, 0.25) is 5.78 Å². The van der Waals surface area contributed by atoms with Crippen molar-refractivity contribution in [3.05, 3.63) is 38.5 Å². The van der Waals surface area contributed by atoms with Gasteiger partial charge in [-0.2, -0.15) is 0 Å². The van der Waals surface area contributed by atoms with Gasteiger partial charge in [-0.25, -0.2) is 0 Å². The molecule has 0 N–H and O–H groups in total. The lowest BCUT2D eigenvalue weighted by atomic mass is 10.1. The molecule has 2 aromatic rings. The first-order valence-corrected chi connectivity index (χ1v) is 7.37. The van der Waals surface area contributed by atoms with Gasteiger partial charge < -0.3 is 14.2 Å². The Morgan fingerprint density at radius 3 is 2.45 bits per heavy atom. The Morgan fingerprint density at radius 1 is 1.15 bits per heavy atom. The van der Waals surface area contributed by atoms with E-state index in [9.17, 15) is 4.79 Å². The normalized spacial score (nSPS) is 10.2. The number of ether oxygens (including phenoxy) is 3. The summed E-state index contributed by atoms with van der Waals surface area (Å²) >= 11 is 4.72. The molecule has 1 aromatic carbocycles. The zero-order valence-corrected chi connectivity index (χ0v) is 13.6. The third-order valence-electron chi connectivity index (χ3n) is 2.77. The Morgan fingerprint density at radius 2 is 1.90 bits per heavy atom. The van der Waals surface area contributed by atoms with Crippen LogP contribution in [0.1, 0.15) is 15.2 Å². The third-order valence-corrected chi connectivity index (χ3v) is 4.42. The van der Waals surface area contributed by atoms with E-state index in [1.165, 1.54) is 18.4 Å². The van der Waals surface area contributed by atoms with E-state index in [0.29, 0.717) is 32.2 Å². The summed E-state index contributed by atoms with van der Waals surface area (Å²) in [5, 5.41) is 1.79. The van der Waals surface area contributed by atoms with Crippen molar-refractivity contribution in [1.29, 1.82) is 0 Å². The Labute approximate surface area is 129 Å². The van der Waals surface area contributed by atoms with Crippen LogP contribution < -0.4 is 14.2 Å². The first-order chi connectivity index (χ1) is 9.62. The van der Waals surface area contributed by atoms with Crippen molar-refractivity contribution in [2.45, 2.75) is 0 Å². The van der Waals surface area contributed by atoms with E-state index in [-0.39, 0.29) is 5.78 Å². The highest BCUT2D eigenvalue weighted by Gasteiger charge is 2.20. The van der Waals surface area contributed by atoms with E-state index in [2.05, 4.69) is 15.9 Å². The molecule has 0 fully saturated rings. The van der Waals surface area contributed by atoms with E-state index in [0.717, 1.165) is 0 Å². The smallest absolute Gasteiger partial charge is 0.206 e. The van der Waals surface area contributed by atoms with E-state index in [1.54, 1.807) is 37.8 Å². The minimum atomic E-state index is -0.112. The summed E-state index contributed by atoms with van der Waals surface area (Å²) in [6.07, 6.45) is 0. The summed E-state index contributed by atoms with van der Waals surface area (Å²) in [7, 11) is 4.65. The van der Waals surface area contributed by atoms with Crippen LogP contribution >= 0.6 is 27.3 Å². The highest BCUT2D eigenvalue weighted by molar-refractivity contribution is 9.10. The predicted molar refractivity (Wildman–Crippen MR) is 81.5 cm³/mol. The molecule has 0 spiro atoms. The maximum atomic E-state index is 12.5. The average molecular weight is 357 g/mol. The van der Waals surface area contributed by atoms with Crippen molar-refractivity contribution < 1.29 is 19.0 Å². The van der Waals surface area contributed by atoms with Crippen molar-refractivity contribution >= 4 is 33.0 Å². The predicted octanol–water partition coefficient (Wildman–Crippen LogP) is 3.77. The number of carbonyl (C=O) groups is 1. The molecular formula is C14H13BrO4S. The monoisotopic (exact) mass is 356 g/mol. The van der Waals surface area contributed by atoms with Gasteiger partial charge in [0.1, 0.15) is 21.7 Å². The maximum Gasteiger partial charge on any atom is 0.206 e. The fraction of sp³-hybridized carbons (Fsp3) is 0.214. The Balaban J connectivity index is 2.46. The van der Waals surface area contributed by atoms with Crippen LogP contribution in [0.25, 0.3) is 0 Å². The van der Waals surface area contributed by atoms with Crippen LogP contribution in [-0.2, 0) is 0 Å². The van der Waals surface area contributed by atoms with E-state index >= 15 is 0 Å². The number of thiophene rings is 1. The van der Waals surface area contributed by atoms with Gasteiger partial charge in [0.15, 0.2) is 0 Å². The zero-order chi connectivity index (χ0) is 14.7. The molecule has 0 saturated heterocycles. The molecule has 0 saturated carbocycles. The standard InChI is InChI=1S/C14H13BrO4S/c1-17-8-6-11(20-7-8)13(16)9-4-5-10(18-2)12(15)14(9)19-3/h4-7H,1-3H3. The van der Waals surface area contributed by atoms with Gasteiger partial charge >= 0.3 is 0 Å². The van der Waals surface area contributed by atoms with Crippen molar-refractivity contribution in [2.24, 2.45) is 0 Å². The number of hydrogen-bond donors (Lipinski definition) is 0. The molecule has 0 aliphatic heterocycles. The molecule has 106 valence electrons. The number of ketones is 1. The van der Waals surface area contributed by atoms with Crippen LogP contribution in [0.5, 0.6) is 17.2 Å². The van der Waals surface area contributed by atoms with Gasteiger partial charge in [-0.3, -0.25) is 4.79 Å². The summed E-state index contributed by atoms with van der Waals surface area (Å²) in [5.74, 6) is 1.63. The molecular weight excluding hydrogens is 344 g/mol. The van der Waals surface area contributed by atoms with Crippen LogP contribution in [0.2, 0.25) is 0 Å². The molecule has 0 aliphatic carbocycles. The molecule has 0 amide bonds. The molecule has 0 bridgehead atoms. The molecule has 2 rings (SSSR count). The van der Waals surface area contributed by atoms with Gasteiger partial charge in [-0.05, 0) is 28.1 Å². The second-order valence-corrected chi connectivity index (χ2v) is 5.55. The molecule has 20 heavy (non-hydrogen) atoms. The number of carbonyl (C=O) groups excluding carboxylic acids is 1. The average Bonchev–Trinajstić information content (AvgIpc) is 2.95. The topological polar surface area (TPSA) is 44.8 Å². The summed E-state index contributed by atoms with van der Waals surface area (Å²) in [4.78, 5) is 13.1. The lowest BCUT2D eigenvalue weighted by Crippen LogP contribution is -2.03. The van der Waals surface area contributed by atoms with Crippen LogP contribution in [-0.4, -0.2) is 27.1 Å². The van der Waals surface area contributed by atoms with Gasteiger partial charge in [-0.1, -0.05) is 0 Å². The minimum absolute atomic E-state index is 0.112. The van der Waals surface area contributed by atoms with Crippen LogP contribution in [0.4, 0.5) is 0 Å². The van der Waals surface area contributed by atoms with Crippen LogP contribution in [0.15, 0.2) is 28.1 Å². The van der Waals surface area contributed by atoms with Crippen molar-refractivity contribution in [3.63, 3.8) is 0 Å². The summed E-state index contributed by atoms with van der Waals surface area (Å²) in [6.45, 7) is 0. The van der Waals surface area contributed by atoms with E-state index in [4.69, 9.17) is 14.2 Å². The summed E-state index contributed by atoms with van der Waals surface area (Å²) < 4.78 is 16.2. The Kier molecular flexibility index (Phi) is 4.67. The SMILES string of the molecule is COc1csc(C(=O)c2ccc(OC)c(Br)c2OC)c1. The van der Waals surface area contributed by atoms with Crippen LogP contribution in [0.3, 0.4) is 0 Å². The molecule has 1 aromatic heterocycles. The molecule has 0 atom stereocenters. The minimum Gasteiger partial charge on any atom is -0.496 e. The number of halogens is 1. The largest absolute Gasteiger partial charge is 0.496 e. The number of hydrogen-bond acceptors (Lipinski definition) is 5. The van der Waals surface area contributed by atoms with Crippen LogP contribution in [0, 0.1) is 0 Å². The molecule has 4 nitrogen and oxygen atoms in total. The first-order valence-electron chi connectivity index (χ1n) is 5.70. The van der Waals surface area contributed by atoms with Gasteiger partial charge in [0.25, 0.3) is 0 Å². The zero-order valence-electron chi connectivity index (χ0n) is 11.2. The molecule has 1 heterocycles. The fourth-order valence-corrected chi connectivity index (χ4v) is 3.23. The first kappa shape index (κ1) is 14.9. The second-order valence-electron chi connectivity index (χ2n) is 3.84. The maximum absolute atomic E-state index is 12.5. The Bertz CT molecular complexity index is 636. The van der Waals surface area contributed by atoms with Crippen molar-refractivity contribution in [2.75, 3.05) is 21.3 Å². The van der Waals surface area contributed by atoms with Gasteiger partial charge in [0.05, 0.1) is 31.8 Å². The summed E-state index contributed by atoms with van der Waals surface area (Å²) in [6, 6.07) is 5.13. The highest BCUT2D eigenvalue weighted by Crippen LogP contribution is 2.38. The van der Waals surface area contributed by atoms with Crippen molar-refractivity contribution in [1.82, 2.24) is 0 Å². The quantitative estimate of drug-likeness (QED) is 0.765. The Hall–Kier alpha value is -1.53. The molecule has 0 aliphatic rings. The van der Waals surface area contributed by atoms with Gasteiger partial charge in [-0.15, -0.1) is 11.3 Å². The highest BCUT2D eigenvalue weighted by atomic mass is 79.9. The third kappa shape index (κ3) is 2.66. The fourth-order valence-electron chi connectivity index (χ4n) is 1.75. The lowest BCUT2D eigenvalue weighted by Gasteiger charge is -2.12. The van der Waals surface area contributed by atoms with Gasteiger partial charge in [0, 0.05) is 11.4 Å². The molecule has 0 unspecified atom stereocenters. The number of benzene rings is 1. The second kappa shape index (κ2) is 6.28. The molecule has 6 heteroatoms. The number of methoxy groups -OCH3 is 3. The van der Waals surface area contributed by atoms with Crippen molar-refractivity contribution in [3.8, 4) is 17.2 Å². The van der Waals surface area contributed by atoms with E-state index in [1.807, 2.05) is 0 Å².